The van der Waals surface area contributed by atoms with Crippen LogP contribution in [0.4, 0.5) is 0 Å². The van der Waals surface area contributed by atoms with Crippen LogP contribution in [0.15, 0.2) is 11.8 Å². The summed E-state index contributed by atoms with van der Waals surface area (Å²) in [5.41, 5.74) is 1.13. The van der Waals surface area contributed by atoms with Crippen LogP contribution in [0.3, 0.4) is 0 Å². The Labute approximate surface area is 109 Å². The molecule has 2 aliphatic rings. The Balaban J connectivity index is 1.75. The molecule has 2 N–H and O–H groups in total. The highest BCUT2D eigenvalue weighted by atomic mass is 16.5. The minimum absolute atomic E-state index is 0.0173. The number of nitrogens with one attached hydrogen (secondary N) is 2. The number of carbonyl (C=O) groups is 1. The summed E-state index contributed by atoms with van der Waals surface area (Å²) in [5, 5.41) is 3.43. The van der Waals surface area contributed by atoms with E-state index in [1.165, 1.54) is 0 Å². The lowest BCUT2D eigenvalue weighted by atomic mass is 9.81. The Morgan fingerprint density at radius 1 is 1.39 bits per heavy atom. The maximum atomic E-state index is 11.7. The third kappa shape index (κ3) is 4.10. The average molecular weight is 253 g/mol. The molecule has 0 aromatic rings. The molecule has 102 valence electrons. The number of hydrogen-bond donors (Lipinski definition) is 2. The van der Waals surface area contributed by atoms with Crippen molar-refractivity contribution in [2.24, 2.45) is 5.41 Å². The summed E-state index contributed by atoms with van der Waals surface area (Å²) in [5.74, 6) is 0.351. The van der Waals surface area contributed by atoms with Gasteiger partial charge >= 0.3 is 0 Å². The van der Waals surface area contributed by atoms with Crippen LogP contribution in [-0.2, 0) is 9.53 Å². The molecule has 0 saturated carbocycles. The van der Waals surface area contributed by atoms with Crippen LogP contribution in [0.25, 0.3) is 0 Å². The van der Waals surface area contributed by atoms with Crippen molar-refractivity contribution in [2.75, 3.05) is 39.4 Å². The van der Waals surface area contributed by atoms with E-state index >= 15 is 0 Å². The van der Waals surface area contributed by atoms with Crippen molar-refractivity contribution in [3.8, 4) is 0 Å². The first-order valence-corrected chi connectivity index (χ1v) is 6.94. The minimum Gasteiger partial charge on any atom is -0.383 e. The number of allylic oxidation sites excluding steroid dienone is 2. The number of Topliss-reactive ketones (excluding diaryl/α,β-unsaturated/α-hetero) is 1. The first-order valence-electron chi connectivity index (χ1n) is 6.94. The first-order chi connectivity index (χ1) is 8.55. The van der Waals surface area contributed by atoms with Crippen LogP contribution in [0.2, 0.25) is 0 Å². The van der Waals surface area contributed by atoms with Crippen molar-refractivity contribution in [2.45, 2.75) is 26.7 Å². The van der Waals surface area contributed by atoms with Crippen molar-refractivity contribution in [3.63, 3.8) is 0 Å². The van der Waals surface area contributed by atoms with Crippen LogP contribution in [0.5, 0.6) is 0 Å². The van der Waals surface area contributed by atoms with Gasteiger partial charge in [0.15, 0.2) is 0 Å². The molecule has 0 aromatic carbocycles. The van der Waals surface area contributed by atoms with Crippen molar-refractivity contribution >= 4 is 5.78 Å². The summed E-state index contributed by atoms with van der Waals surface area (Å²) < 4.78 is 5.34. The molecule has 1 heterocycles. The number of quaternary nitrogens is 1. The average Bonchev–Trinajstić information content (AvgIpc) is 2.27. The van der Waals surface area contributed by atoms with E-state index in [0.717, 1.165) is 45.1 Å². The second-order valence-electron chi connectivity index (χ2n) is 6.09. The van der Waals surface area contributed by atoms with Crippen molar-refractivity contribution < 1.29 is 14.4 Å². The molecule has 0 radical (unpaired) electrons. The molecule has 1 saturated heterocycles. The van der Waals surface area contributed by atoms with Gasteiger partial charge in [0.05, 0.1) is 26.3 Å². The molecule has 1 aliphatic heterocycles. The lowest BCUT2D eigenvalue weighted by Gasteiger charge is -2.28. The zero-order valence-corrected chi connectivity index (χ0v) is 11.6. The van der Waals surface area contributed by atoms with Gasteiger partial charge in [-0.05, 0) is 5.41 Å². The fraction of sp³-hybridized carbons (Fsp3) is 0.786. The summed E-state index contributed by atoms with van der Waals surface area (Å²) in [7, 11) is 0. The van der Waals surface area contributed by atoms with Crippen molar-refractivity contribution in [3.05, 3.63) is 11.8 Å². The molecule has 18 heavy (non-hydrogen) atoms. The summed E-state index contributed by atoms with van der Waals surface area (Å²) >= 11 is 0. The predicted octanol–water partition coefficient (Wildman–Crippen LogP) is -0.236. The molecule has 2 rings (SSSR count). The SMILES string of the molecule is CC1(C)C=C(NCC[NH+]2CCOCC2)CC(=O)C1. The Hall–Kier alpha value is -0.870. The van der Waals surface area contributed by atoms with Gasteiger partial charge in [0.25, 0.3) is 0 Å². The molecule has 0 aromatic heterocycles. The molecular formula is C14H25N2O2+. The largest absolute Gasteiger partial charge is 0.383 e. The molecule has 0 amide bonds. The molecule has 1 aliphatic carbocycles. The van der Waals surface area contributed by atoms with Crippen LogP contribution in [0.1, 0.15) is 26.7 Å². The summed E-state index contributed by atoms with van der Waals surface area (Å²) in [6, 6.07) is 0. The van der Waals surface area contributed by atoms with Crippen molar-refractivity contribution in [1.29, 1.82) is 0 Å². The fourth-order valence-corrected chi connectivity index (χ4v) is 2.78. The molecular weight excluding hydrogens is 228 g/mol. The number of ether oxygens (including phenoxy) is 1. The lowest BCUT2D eigenvalue weighted by Crippen LogP contribution is -3.14. The third-order valence-electron chi connectivity index (χ3n) is 3.64. The highest BCUT2D eigenvalue weighted by Gasteiger charge is 2.26. The number of morpholine rings is 1. The van der Waals surface area contributed by atoms with Gasteiger partial charge < -0.3 is 15.0 Å². The third-order valence-corrected chi connectivity index (χ3v) is 3.64. The van der Waals surface area contributed by atoms with Crippen LogP contribution in [0, 0.1) is 5.41 Å². The van der Waals surface area contributed by atoms with E-state index in [0.29, 0.717) is 18.6 Å². The predicted molar refractivity (Wildman–Crippen MR) is 70.5 cm³/mol. The van der Waals surface area contributed by atoms with Crippen LogP contribution in [-0.4, -0.2) is 45.2 Å². The minimum atomic E-state index is 0.0173. The van der Waals surface area contributed by atoms with E-state index in [1.54, 1.807) is 4.90 Å². The van der Waals surface area contributed by atoms with Gasteiger partial charge in [-0.15, -0.1) is 0 Å². The van der Waals surface area contributed by atoms with E-state index in [9.17, 15) is 4.79 Å². The highest BCUT2D eigenvalue weighted by Crippen LogP contribution is 2.29. The summed E-state index contributed by atoms with van der Waals surface area (Å²) in [6.45, 7) is 10.3. The van der Waals surface area contributed by atoms with Gasteiger partial charge in [-0.3, -0.25) is 4.79 Å². The molecule has 1 fully saturated rings. The molecule has 0 atom stereocenters. The Bertz CT molecular complexity index is 331. The normalized spacial score (nSPS) is 24.8. The number of carbonyl (C=O) groups excluding carboxylic acids is 1. The second-order valence-corrected chi connectivity index (χ2v) is 6.09. The standard InChI is InChI=1S/C14H24N2O2/c1-14(2)10-12(9-13(17)11-14)15-3-4-16-5-7-18-8-6-16/h10,15H,3-9,11H2,1-2H3/p+1. The maximum absolute atomic E-state index is 11.7. The van der Waals surface area contributed by atoms with Gasteiger partial charge in [-0.1, -0.05) is 19.9 Å². The topological polar surface area (TPSA) is 42.8 Å². The summed E-state index contributed by atoms with van der Waals surface area (Å²) in [4.78, 5) is 13.2. The molecule has 0 bridgehead atoms. The summed E-state index contributed by atoms with van der Waals surface area (Å²) in [6.07, 6.45) is 3.48. The van der Waals surface area contributed by atoms with Gasteiger partial charge in [0.1, 0.15) is 18.9 Å². The van der Waals surface area contributed by atoms with Crippen LogP contribution < -0.4 is 10.2 Å². The number of rotatable bonds is 4. The van der Waals surface area contributed by atoms with Crippen LogP contribution >= 0.6 is 0 Å². The van der Waals surface area contributed by atoms with E-state index in [4.69, 9.17) is 4.74 Å². The fourth-order valence-electron chi connectivity index (χ4n) is 2.78. The van der Waals surface area contributed by atoms with E-state index in [-0.39, 0.29) is 5.41 Å². The van der Waals surface area contributed by atoms with Crippen molar-refractivity contribution in [1.82, 2.24) is 5.32 Å². The maximum Gasteiger partial charge on any atom is 0.139 e. The highest BCUT2D eigenvalue weighted by molar-refractivity contribution is 5.83. The monoisotopic (exact) mass is 253 g/mol. The van der Waals surface area contributed by atoms with Gasteiger partial charge in [-0.2, -0.15) is 0 Å². The van der Waals surface area contributed by atoms with E-state index in [2.05, 4.69) is 25.2 Å². The zero-order chi connectivity index (χ0) is 13.0. The van der Waals surface area contributed by atoms with E-state index in [1.807, 2.05) is 0 Å². The zero-order valence-electron chi connectivity index (χ0n) is 11.6. The molecule has 4 nitrogen and oxygen atoms in total. The Morgan fingerprint density at radius 2 is 2.11 bits per heavy atom. The number of ketones is 1. The molecule has 0 spiro atoms. The second kappa shape index (κ2) is 5.85. The van der Waals surface area contributed by atoms with Gasteiger partial charge in [0, 0.05) is 18.5 Å². The number of hydrogen-bond acceptors (Lipinski definition) is 3. The van der Waals surface area contributed by atoms with Gasteiger partial charge in [0.2, 0.25) is 0 Å². The van der Waals surface area contributed by atoms with E-state index < -0.39 is 0 Å². The van der Waals surface area contributed by atoms with Gasteiger partial charge in [-0.25, -0.2) is 0 Å². The smallest absolute Gasteiger partial charge is 0.139 e. The molecule has 0 unspecified atom stereocenters. The first kappa shape index (κ1) is 13.6. The Morgan fingerprint density at radius 3 is 2.78 bits per heavy atom. The Kier molecular flexibility index (Phi) is 4.40. The quantitative estimate of drug-likeness (QED) is 0.727. The molecule has 4 heteroatoms. The lowest BCUT2D eigenvalue weighted by molar-refractivity contribution is -0.906.